The van der Waals surface area contributed by atoms with Crippen molar-refractivity contribution in [3.63, 3.8) is 0 Å². The Labute approximate surface area is 74.2 Å². The van der Waals surface area contributed by atoms with Crippen molar-refractivity contribution in [1.82, 2.24) is 0 Å². The molecule has 0 radical (unpaired) electrons. The molecule has 0 fully saturated rings. The molecule has 0 amide bonds. The third-order valence-electron chi connectivity index (χ3n) is 0.996. The first-order chi connectivity index (χ1) is 4.77. The van der Waals surface area contributed by atoms with Gasteiger partial charge in [-0.25, -0.2) is 9.98 Å². The van der Waals surface area contributed by atoms with E-state index in [1.807, 2.05) is 13.8 Å². The number of aliphatic imine (C=N–C) groups is 2. The molecule has 0 bridgehead atoms. The van der Waals surface area contributed by atoms with Crippen molar-refractivity contribution >= 4 is 18.4 Å². The molecule has 0 aliphatic rings. The van der Waals surface area contributed by atoms with Gasteiger partial charge in [0.05, 0.1) is 12.6 Å². The number of nitrogens with zero attached hydrogens (tertiary/aromatic N) is 2. The van der Waals surface area contributed by atoms with Gasteiger partial charge in [-0.15, -0.1) is 12.4 Å². The summed E-state index contributed by atoms with van der Waals surface area (Å²) in [6.07, 6.45) is 0.909. The van der Waals surface area contributed by atoms with Crippen LogP contribution in [-0.2, 0) is 0 Å². The molecule has 0 aromatic rings. The lowest BCUT2D eigenvalue weighted by atomic mass is 10.3. The smallest absolute Gasteiger partial charge is 0.0892 e. The Balaban J connectivity index is 0. The summed E-state index contributed by atoms with van der Waals surface area (Å²) in [6.45, 7) is 5.41. The molecule has 0 aliphatic heterocycles. The number of hydrogen-bond donors (Lipinski definition) is 1. The van der Waals surface area contributed by atoms with Crippen LogP contribution in [0.1, 0.15) is 20.3 Å². The van der Waals surface area contributed by atoms with E-state index >= 15 is 0 Å². The van der Waals surface area contributed by atoms with Crippen LogP contribution >= 0.6 is 12.4 Å². The van der Waals surface area contributed by atoms with Crippen molar-refractivity contribution < 1.29 is 0 Å². The van der Waals surface area contributed by atoms with Gasteiger partial charge in [0, 0.05) is 12.6 Å². The van der Waals surface area contributed by atoms with E-state index in [4.69, 9.17) is 5.73 Å². The molecule has 0 heterocycles. The Hall–Kier alpha value is -0.370. The van der Waals surface area contributed by atoms with Gasteiger partial charge in [-0.3, -0.25) is 0 Å². The van der Waals surface area contributed by atoms with Crippen LogP contribution in [0.5, 0.6) is 0 Å². The molecule has 0 rings (SSSR count). The first-order valence-corrected chi connectivity index (χ1v) is 3.61. The molecule has 0 aromatic carbocycles. The third-order valence-corrected chi connectivity index (χ3v) is 0.996. The van der Waals surface area contributed by atoms with Crippen LogP contribution in [0.2, 0.25) is 0 Å². The van der Waals surface area contributed by atoms with Crippen LogP contribution in [0.3, 0.4) is 0 Å². The minimum Gasteiger partial charge on any atom is -0.328 e. The van der Waals surface area contributed by atoms with E-state index in [2.05, 4.69) is 16.0 Å². The van der Waals surface area contributed by atoms with Gasteiger partial charge < -0.3 is 5.73 Å². The Kier molecular flexibility index (Phi) is 11.6. The molecular weight excluding hydrogens is 162 g/mol. The average molecular weight is 178 g/mol. The number of halogens is 1. The lowest BCUT2D eigenvalue weighted by Gasteiger charge is -1.97. The molecule has 0 aliphatic carbocycles. The molecule has 0 saturated heterocycles. The second kappa shape index (κ2) is 9.63. The zero-order valence-corrected chi connectivity index (χ0v) is 7.90. The normalized spacial score (nSPS) is 10.8. The summed E-state index contributed by atoms with van der Waals surface area (Å²) in [5.41, 5.74) is 5.49. The van der Waals surface area contributed by atoms with E-state index in [0.29, 0.717) is 0 Å². The first-order valence-electron chi connectivity index (χ1n) is 3.61. The molecule has 3 nitrogen and oxygen atoms in total. The fourth-order valence-electron chi connectivity index (χ4n) is 0.439. The SMILES string of the molecule is CCN=C=NCCC(C)N.Cl. The van der Waals surface area contributed by atoms with Crippen molar-refractivity contribution in [3.8, 4) is 0 Å². The van der Waals surface area contributed by atoms with Gasteiger partial charge in [-0.2, -0.15) is 0 Å². The van der Waals surface area contributed by atoms with E-state index in [1.165, 1.54) is 0 Å². The topological polar surface area (TPSA) is 50.7 Å². The molecule has 1 unspecified atom stereocenters. The predicted octanol–water partition coefficient (Wildman–Crippen LogP) is 1.34. The van der Waals surface area contributed by atoms with Crippen LogP contribution in [-0.4, -0.2) is 25.1 Å². The summed E-state index contributed by atoms with van der Waals surface area (Å²) in [6, 6.07) is 2.81. The maximum atomic E-state index is 5.49. The lowest BCUT2D eigenvalue weighted by molar-refractivity contribution is 0.678. The van der Waals surface area contributed by atoms with E-state index in [0.717, 1.165) is 19.5 Å². The van der Waals surface area contributed by atoms with Crippen molar-refractivity contribution in [1.29, 1.82) is 0 Å². The van der Waals surface area contributed by atoms with Crippen LogP contribution in [0, 0.1) is 0 Å². The Morgan fingerprint density at radius 1 is 1.45 bits per heavy atom. The maximum absolute atomic E-state index is 5.49. The van der Waals surface area contributed by atoms with Crippen molar-refractivity contribution in [3.05, 3.63) is 0 Å². The van der Waals surface area contributed by atoms with Gasteiger partial charge in [0.1, 0.15) is 0 Å². The highest BCUT2D eigenvalue weighted by Crippen LogP contribution is 1.84. The number of hydrogen-bond acceptors (Lipinski definition) is 3. The van der Waals surface area contributed by atoms with Gasteiger partial charge in [0.2, 0.25) is 0 Å². The van der Waals surface area contributed by atoms with E-state index in [-0.39, 0.29) is 18.4 Å². The Bertz CT molecular complexity index is 128. The average Bonchev–Trinajstić information content (AvgIpc) is 1.87. The van der Waals surface area contributed by atoms with Gasteiger partial charge >= 0.3 is 0 Å². The summed E-state index contributed by atoms with van der Waals surface area (Å²) >= 11 is 0. The molecular formula is C7H16ClN3. The van der Waals surface area contributed by atoms with Gasteiger partial charge in [0.25, 0.3) is 0 Å². The Morgan fingerprint density at radius 3 is 2.55 bits per heavy atom. The quantitative estimate of drug-likeness (QED) is 0.648. The van der Waals surface area contributed by atoms with Crippen LogP contribution in [0.15, 0.2) is 9.98 Å². The van der Waals surface area contributed by atoms with Crippen LogP contribution in [0.25, 0.3) is 0 Å². The molecule has 0 spiro atoms. The summed E-state index contributed by atoms with van der Waals surface area (Å²) in [5, 5.41) is 0. The lowest BCUT2D eigenvalue weighted by Crippen LogP contribution is -2.15. The van der Waals surface area contributed by atoms with Crippen LogP contribution in [0.4, 0.5) is 0 Å². The van der Waals surface area contributed by atoms with Crippen LogP contribution < -0.4 is 5.73 Å². The maximum Gasteiger partial charge on any atom is 0.0892 e. The minimum absolute atomic E-state index is 0. The van der Waals surface area contributed by atoms with Crippen molar-refractivity contribution in [2.75, 3.05) is 13.1 Å². The third kappa shape index (κ3) is 12.8. The molecule has 4 heteroatoms. The second-order valence-electron chi connectivity index (χ2n) is 2.22. The van der Waals surface area contributed by atoms with Gasteiger partial charge in [-0.05, 0) is 20.3 Å². The second-order valence-corrected chi connectivity index (χ2v) is 2.22. The van der Waals surface area contributed by atoms with E-state index < -0.39 is 0 Å². The minimum atomic E-state index is 0. The number of nitrogens with two attached hydrogens (primary N) is 1. The summed E-state index contributed by atoms with van der Waals surface area (Å²) in [5.74, 6) is 0. The largest absolute Gasteiger partial charge is 0.328 e. The first kappa shape index (κ1) is 13.2. The molecule has 2 N–H and O–H groups in total. The summed E-state index contributed by atoms with van der Waals surface area (Å²) in [4.78, 5) is 7.72. The zero-order valence-electron chi connectivity index (χ0n) is 7.08. The molecule has 11 heavy (non-hydrogen) atoms. The molecule has 0 saturated carbocycles. The zero-order chi connectivity index (χ0) is 7.82. The highest BCUT2D eigenvalue weighted by Gasteiger charge is 1.88. The van der Waals surface area contributed by atoms with Crippen molar-refractivity contribution in [2.45, 2.75) is 26.3 Å². The highest BCUT2D eigenvalue weighted by atomic mass is 35.5. The highest BCUT2D eigenvalue weighted by molar-refractivity contribution is 5.85. The Morgan fingerprint density at radius 2 is 2.09 bits per heavy atom. The predicted molar refractivity (Wildman–Crippen MR) is 50.8 cm³/mol. The summed E-state index contributed by atoms with van der Waals surface area (Å²) < 4.78 is 0. The van der Waals surface area contributed by atoms with Gasteiger partial charge in [-0.1, -0.05) is 0 Å². The van der Waals surface area contributed by atoms with Gasteiger partial charge in [0.15, 0.2) is 0 Å². The fourth-order valence-corrected chi connectivity index (χ4v) is 0.439. The van der Waals surface area contributed by atoms with Crippen molar-refractivity contribution in [2.24, 2.45) is 15.7 Å². The van der Waals surface area contributed by atoms with E-state index in [1.54, 1.807) is 0 Å². The summed E-state index contributed by atoms with van der Waals surface area (Å²) in [7, 11) is 0. The number of rotatable bonds is 4. The molecule has 0 aromatic heterocycles. The monoisotopic (exact) mass is 177 g/mol. The molecule has 66 valence electrons. The van der Waals surface area contributed by atoms with E-state index in [9.17, 15) is 0 Å². The fraction of sp³-hybridized carbons (Fsp3) is 0.857. The standard InChI is InChI=1S/C7H15N3.ClH/c1-3-9-6-10-5-4-7(2)8;/h7H,3-5,8H2,1-2H3;1H. The molecule has 1 atom stereocenters.